The number of hydrazone groups is 1. The molecule has 0 saturated carbocycles. The standard InChI is InChI=1S/C22H16BrFN2O3/c1-14-4-2-3-5-19(14)22(28)29-20-11-8-17(23)12-16(20)13-25-26-21(27)15-6-9-18(24)10-7-15/h2-13H,1H3,(H,26,27)/b25-13-. The molecule has 0 unspecified atom stereocenters. The maximum Gasteiger partial charge on any atom is 0.343 e. The van der Waals surface area contributed by atoms with E-state index in [1.807, 2.05) is 19.1 Å². The highest BCUT2D eigenvalue weighted by molar-refractivity contribution is 9.10. The van der Waals surface area contributed by atoms with Gasteiger partial charge in [0, 0.05) is 15.6 Å². The number of ether oxygens (including phenoxy) is 1. The highest BCUT2D eigenvalue weighted by Gasteiger charge is 2.13. The summed E-state index contributed by atoms with van der Waals surface area (Å²) in [6, 6.07) is 17.3. The largest absolute Gasteiger partial charge is 0.422 e. The van der Waals surface area contributed by atoms with Gasteiger partial charge in [-0.1, -0.05) is 34.1 Å². The Bertz CT molecular complexity index is 1080. The molecule has 3 aromatic carbocycles. The first-order valence-electron chi connectivity index (χ1n) is 8.60. The van der Waals surface area contributed by atoms with Crippen molar-refractivity contribution in [2.24, 2.45) is 5.10 Å². The Labute approximate surface area is 175 Å². The van der Waals surface area contributed by atoms with Crippen LogP contribution in [0.2, 0.25) is 0 Å². The number of hydrogen-bond acceptors (Lipinski definition) is 4. The zero-order chi connectivity index (χ0) is 20.8. The quantitative estimate of drug-likeness (QED) is 0.258. The smallest absolute Gasteiger partial charge is 0.343 e. The number of aryl methyl sites for hydroxylation is 1. The third kappa shape index (κ3) is 5.36. The fraction of sp³-hybridized carbons (Fsp3) is 0.0455. The SMILES string of the molecule is Cc1ccccc1C(=O)Oc1ccc(Br)cc1/C=N\NC(=O)c1ccc(F)cc1. The van der Waals surface area contributed by atoms with Gasteiger partial charge in [-0.25, -0.2) is 14.6 Å². The van der Waals surface area contributed by atoms with Gasteiger partial charge >= 0.3 is 5.97 Å². The van der Waals surface area contributed by atoms with Crippen LogP contribution in [-0.2, 0) is 0 Å². The summed E-state index contributed by atoms with van der Waals surface area (Å²) in [6.45, 7) is 1.82. The summed E-state index contributed by atoms with van der Waals surface area (Å²) in [4.78, 5) is 24.5. The number of rotatable bonds is 5. The number of amides is 1. The summed E-state index contributed by atoms with van der Waals surface area (Å²) in [5, 5.41) is 3.91. The monoisotopic (exact) mass is 454 g/mol. The number of nitrogens with one attached hydrogen (secondary N) is 1. The van der Waals surface area contributed by atoms with Gasteiger partial charge in [-0.3, -0.25) is 4.79 Å². The number of carbonyl (C=O) groups is 2. The lowest BCUT2D eigenvalue weighted by Crippen LogP contribution is -2.17. The molecular weight excluding hydrogens is 439 g/mol. The highest BCUT2D eigenvalue weighted by atomic mass is 79.9. The van der Waals surface area contributed by atoms with Crippen molar-refractivity contribution in [2.45, 2.75) is 6.92 Å². The fourth-order valence-corrected chi connectivity index (χ4v) is 2.87. The first kappa shape index (κ1) is 20.4. The van der Waals surface area contributed by atoms with Crippen molar-refractivity contribution < 1.29 is 18.7 Å². The maximum absolute atomic E-state index is 13.0. The third-order valence-corrected chi connectivity index (χ3v) is 4.51. The zero-order valence-corrected chi connectivity index (χ0v) is 16.9. The van der Waals surface area contributed by atoms with Crippen molar-refractivity contribution in [1.29, 1.82) is 0 Å². The number of esters is 1. The molecule has 3 rings (SSSR count). The first-order chi connectivity index (χ1) is 13.9. The average Bonchev–Trinajstić information content (AvgIpc) is 2.70. The lowest BCUT2D eigenvalue weighted by atomic mass is 10.1. The third-order valence-electron chi connectivity index (χ3n) is 4.02. The van der Waals surface area contributed by atoms with Crippen molar-refractivity contribution in [3.05, 3.63) is 99.3 Å². The number of halogens is 2. The van der Waals surface area contributed by atoms with Gasteiger partial charge in [0.15, 0.2) is 0 Å². The number of benzene rings is 3. The summed E-state index contributed by atoms with van der Waals surface area (Å²) >= 11 is 3.36. The molecule has 0 spiro atoms. The van der Waals surface area contributed by atoms with Crippen LogP contribution in [0.25, 0.3) is 0 Å². The molecule has 0 aliphatic heterocycles. The van der Waals surface area contributed by atoms with E-state index in [-0.39, 0.29) is 5.56 Å². The van der Waals surface area contributed by atoms with Crippen LogP contribution in [0.5, 0.6) is 5.75 Å². The first-order valence-corrected chi connectivity index (χ1v) is 9.39. The highest BCUT2D eigenvalue weighted by Crippen LogP contribution is 2.23. The number of carbonyl (C=O) groups excluding carboxylic acids is 2. The Morgan fingerprint density at radius 1 is 1.07 bits per heavy atom. The molecule has 0 radical (unpaired) electrons. The summed E-state index contributed by atoms with van der Waals surface area (Å²) < 4.78 is 19.2. The van der Waals surface area contributed by atoms with Crippen molar-refractivity contribution in [3.63, 3.8) is 0 Å². The number of nitrogens with zero attached hydrogens (tertiary/aromatic N) is 1. The van der Waals surface area contributed by atoms with E-state index >= 15 is 0 Å². The molecule has 0 fully saturated rings. The zero-order valence-electron chi connectivity index (χ0n) is 15.4. The molecule has 0 saturated heterocycles. The van der Waals surface area contributed by atoms with Gasteiger partial charge in [0.05, 0.1) is 11.8 Å². The Balaban J connectivity index is 1.75. The molecule has 0 atom stereocenters. The van der Waals surface area contributed by atoms with Crippen LogP contribution in [0.1, 0.15) is 31.8 Å². The van der Waals surface area contributed by atoms with E-state index in [1.54, 1.807) is 30.3 Å². The molecule has 7 heteroatoms. The average molecular weight is 455 g/mol. The predicted octanol–water partition coefficient (Wildman–Crippen LogP) is 4.88. The van der Waals surface area contributed by atoms with E-state index in [0.29, 0.717) is 16.9 Å². The van der Waals surface area contributed by atoms with Crippen LogP contribution in [0.15, 0.2) is 76.3 Å². The van der Waals surface area contributed by atoms with Gasteiger partial charge in [-0.2, -0.15) is 5.10 Å². The fourth-order valence-electron chi connectivity index (χ4n) is 2.50. The van der Waals surface area contributed by atoms with Gasteiger partial charge in [-0.15, -0.1) is 0 Å². The minimum Gasteiger partial charge on any atom is -0.422 e. The summed E-state index contributed by atoms with van der Waals surface area (Å²) in [7, 11) is 0. The predicted molar refractivity (Wildman–Crippen MR) is 112 cm³/mol. The molecule has 0 aliphatic rings. The van der Waals surface area contributed by atoms with E-state index in [4.69, 9.17) is 4.74 Å². The lowest BCUT2D eigenvalue weighted by molar-refractivity contribution is 0.0733. The topological polar surface area (TPSA) is 67.8 Å². The molecule has 0 aromatic heterocycles. The van der Waals surface area contributed by atoms with Gasteiger partial charge in [0.25, 0.3) is 5.91 Å². The minimum absolute atomic E-state index is 0.268. The lowest BCUT2D eigenvalue weighted by Gasteiger charge is -2.09. The van der Waals surface area contributed by atoms with Gasteiger partial charge in [0.1, 0.15) is 11.6 Å². The van der Waals surface area contributed by atoms with E-state index in [1.165, 1.54) is 30.5 Å². The maximum atomic E-state index is 13.0. The second-order valence-electron chi connectivity index (χ2n) is 6.09. The van der Waals surface area contributed by atoms with E-state index in [9.17, 15) is 14.0 Å². The molecule has 0 bridgehead atoms. The summed E-state index contributed by atoms with van der Waals surface area (Å²) in [6.07, 6.45) is 1.37. The number of hydrogen-bond donors (Lipinski definition) is 1. The van der Waals surface area contributed by atoms with Crippen LogP contribution in [0.4, 0.5) is 4.39 Å². The second kappa shape index (κ2) is 9.25. The van der Waals surface area contributed by atoms with E-state index in [2.05, 4.69) is 26.5 Å². The normalized spacial score (nSPS) is 10.7. The van der Waals surface area contributed by atoms with Crippen LogP contribution in [0.3, 0.4) is 0 Å². The molecule has 0 aliphatic carbocycles. The Morgan fingerprint density at radius 3 is 2.52 bits per heavy atom. The van der Waals surface area contributed by atoms with Gasteiger partial charge in [0.2, 0.25) is 0 Å². The van der Waals surface area contributed by atoms with Gasteiger partial charge < -0.3 is 4.74 Å². The van der Waals surface area contributed by atoms with Crippen LogP contribution in [-0.4, -0.2) is 18.1 Å². The van der Waals surface area contributed by atoms with Crippen molar-refractivity contribution in [3.8, 4) is 5.75 Å². The van der Waals surface area contributed by atoms with E-state index < -0.39 is 17.7 Å². The summed E-state index contributed by atoms with van der Waals surface area (Å²) in [5.41, 5.74) is 4.38. The Kier molecular flexibility index (Phi) is 6.51. The Hall–Kier alpha value is -3.32. The van der Waals surface area contributed by atoms with Crippen LogP contribution in [0, 0.1) is 12.7 Å². The Morgan fingerprint density at radius 2 is 1.79 bits per heavy atom. The minimum atomic E-state index is -0.491. The molecule has 29 heavy (non-hydrogen) atoms. The second-order valence-corrected chi connectivity index (χ2v) is 7.01. The van der Waals surface area contributed by atoms with Crippen LogP contribution >= 0.6 is 15.9 Å². The van der Waals surface area contributed by atoms with Crippen molar-refractivity contribution in [2.75, 3.05) is 0 Å². The van der Waals surface area contributed by atoms with Crippen molar-refractivity contribution in [1.82, 2.24) is 5.43 Å². The molecule has 5 nitrogen and oxygen atoms in total. The molecule has 1 N–H and O–H groups in total. The molecule has 3 aromatic rings. The molecular formula is C22H16BrFN2O3. The van der Waals surface area contributed by atoms with Crippen LogP contribution < -0.4 is 10.2 Å². The summed E-state index contributed by atoms with van der Waals surface area (Å²) in [5.74, 6) is -1.12. The molecule has 0 heterocycles. The molecule has 1 amide bonds. The van der Waals surface area contributed by atoms with Gasteiger partial charge in [-0.05, 0) is 61.0 Å². The van der Waals surface area contributed by atoms with Crippen molar-refractivity contribution >= 4 is 34.0 Å². The molecule has 146 valence electrons. The van der Waals surface area contributed by atoms with E-state index in [0.717, 1.165) is 10.0 Å².